The lowest BCUT2D eigenvalue weighted by molar-refractivity contribution is 0.880. The van der Waals surface area contributed by atoms with Gasteiger partial charge in [-0.2, -0.15) is 0 Å². The Labute approximate surface area is 134 Å². The summed E-state index contributed by atoms with van der Waals surface area (Å²) in [6, 6.07) is 18.1. The fourth-order valence-electron chi connectivity index (χ4n) is 2.48. The maximum Gasteiger partial charge on any atom is 0.0705 e. The van der Waals surface area contributed by atoms with Crippen molar-refractivity contribution in [3.63, 3.8) is 0 Å². The molecule has 2 aromatic carbocycles. The molecule has 0 fully saturated rings. The van der Waals surface area contributed by atoms with Crippen molar-refractivity contribution in [2.45, 2.75) is 18.7 Å². The van der Waals surface area contributed by atoms with E-state index >= 15 is 0 Å². The van der Waals surface area contributed by atoms with Crippen molar-refractivity contribution in [1.29, 1.82) is 0 Å². The van der Waals surface area contributed by atoms with Crippen LogP contribution in [-0.2, 0) is 6.42 Å². The smallest absolute Gasteiger partial charge is 0.0705 e. The summed E-state index contributed by atoms with van der Waals surface area (Å²) in [4.78, 5) is 4.68. The summed E-state index contributed by atoms with van der Waals surface area (Å²) in [6.07, 6.45) is 0.688. The highest BCUT2D eigenvalue weighted by Gasteiger charge is 2.14. The minimum absolute atomic E-state index is 0.127. The number of para-hydroxylation sites is 1. The van der Waals surface area contributed by atoms with Gasteiger partial charge in [0.1, 0.15) is 0 Å². The highest BCUT2D eigenvalue weighted by atomic mass is 35.5. The fraction of sp³-hybridized carbons (Fsp3) is 0.167. The molecule has 0 aliphatic rings. The molecule has 0 bridgehead atoms. The first kappa shape index (κ1) is 14.4. The summed E-state index contributed by atoms with van der Waals surface area (Å²) in [6.45, 7) is 2.00. The summed E-state index contributed by atoms with van der Waals surface area (Å²) in [5.74, 6) is 0. The Balaban J connectivity index is 1.89. The topological polar surface area (TPSA) is 12.9 Å². The van der Waals surface area contributed by atoms with Crippen LogP contribution in [0.3, 0.4) is 0 Å². The number of nitrogens with zero attached hydrogens (tertiary/aromatic N) is 1. The van der Waals surface area contributed by atoms with Crippen molar-refractivity contribution in [2.75, 3.05) is 0 Å². The van der Waals surface area contributed by atoms with Gasteiger partial charge in [0.2, 0.25) is 0 Å². The molecule has 21 heavy (non-hydrogen) atoms. The molecule has 0 saturated heterocycles. The molecule has 0 radical (unpaired) electrons. The van der Waals surface area contributed by atoms with Crippen molar-refractivity contribution in [3.8, 4) is 0 Å². The van der Waals surface area contributed by atoms with Gasteiger partial charge in [0.05, 0.1) is 10.9 Å². The standard InChI is InChI=1S/C18H15Cl2N/c1-12-15(6-4-7-16(12)19)17(20)11-14-10-9-13-5-2-3-8-18(13)21-14/h2-10,17H,11H2,1H3. The highest BCUT2D eigenvalue weighted by Crippen LogP contribution is 2.30. The maximum atomic E-state index is 6.57. The number of hydrogen-bond donors (Lipinski definition) is 0. The number of aromatic nitrogens is 1. The molecular weight excluding hydrogens is 301 g/mol. The number of benzene rings is 2. The van der Waals surface area contributed by atoms with Crippen LogP contribution in [0, 0.1) is 6.92 Å². The third-order valence-electron chi connectivity index (χ3n) is 3.69. The van der Waals surface area contributed by atoms with Gasteiger partial charge in [-0.3, -0.25) is 4.98 Å². The summed E-state index contributed by atoms with van der Waals surface area (Å²) in [7, 11) is 0. The van der Waals surface area contributed by atoms with Crippen molar-refractivity contribution >= 4 is 34.1 Å². The number of halogens is 2. The van der Waals surface area contributed by atoms with Gasteiger partial charge in [-0.25, -0.2) is 0 Å². The van der Waals surface area contributed by atoms with E-state index in [2.05, 4.69) is 17.1 Å². The summed E-state index contributed by atoms with van der Waals surface area (Å²) >= 11 is 12.7. The molecule has 3 aromatic rings. The normalized spacial score (nSPS) is 12.5. The lowest BCUT2D eigenvalue weighted by atomic mass is 10.0. The Morgan fingerprint density at radius 3 is 2.67 bits per heavy atom. The third-order valence-corrected chi connectivity index (χ3v) is 4.49. The summed E-state index contributed by atoms with van der Waals surface area (Å²) in [5.41, 5.74) is 4.11. The van der Waals surface area contributed by atoms with Crippen LogP contribution in [0.2, 0.25) is 5.02 Å². The first-order valence-corrected chi connectivity index (χ1v) is 7.70. The minimum Gasteiger partial charge on any atom is -0.253 e. The van der Waals surface area contributed by atoms with Crippen molar-refractivity contribution in [2.24, 2.45) is 0 Å². The molecule has 1 heterocycles. The molecule has 106 valence electrons. The number of pyridine rings is 1. The van der Waals surface area contributed by atoms with E-state index < -0.39 is 0 Å². The van der Waals surface area contributed by atoms with E-state index in [1.54, 1.807) is 0 Å². The average Bonchev–Trinajstić information content (AvgIpc) is 2.50. The first-order chi connectivity index (χ1) is 10.1. The lowest BCUT2D eigenvalue weighted by Gasteiger charge is -2.13. The van der Waals surface area contributed by atoms with E-state index in [0.717, 1.165) is 32.7 Å². The zero-order chi connectivity index (χ0) is 14.8. The molecule has 1 atom stereocenters. The number of rotatable bonds is 3. The van der Waals surface area contributed by atoms with E-state index in [9.17, 15) is 0 Å². The van der Waals surface area contributed by atoms with Gasteiger partial charge >= 0.3 is 0 Å². The first-order valence-electron chi connectivity index (χ1n) is 6.89. The van der Waals surface area contributed by atoms with E-state index in [0.29, 0.717) is 6.42 Å². The van der Waals surface area contributed by atoms with E-state index in [1.165, 1.54) is 0 Å². The van der Waals surface area contributed by atoms with Crippen LogP contribution in [0.1, 0.15) is 22.2 Å². The Morgan fingerprint density at radius 1 is 1.00 bits per heavy atom. The predicted molar refractivity (Wildman–Crippen MR) is 90.2 cm³/mol. The fourth-order valence-corrected chi connectivity index (χ4v) is 3.06. The van der Waals surface area contributed by atoms with Gasteiger partial charge < -0.3 is 0 Å². The molecule has 1 nitrogen and oxygen atoms in total. The summed E-state index contributed by atoms with van der Waals surface area (Å²) < 4.78 is 0. The molecule has 3 heteroatoms. The van der Waals surface area contributed by atoms with Gasteiger partial charge in [-0.05, 0) is 36.2 Å². The summed E-state index contributed by atoms with van der Waals surface area (Å²) in [5, 5.41) is 1.77. The molecule has 3 rings (SSSR count). The Bertz CT molecular complexity index is 783. The zero-order valence-corrected chi connectivity index (χ0v) is 13.2. The maximum absolute atomic E-state index is 6.57. The second-order valence-corrected chi connectivity index (χ2v) is 6.06. The van der Waals surface area contributed by atoms with Crippen molar-refractivity contribution < 1.29 is 0 Å². The van der Waals surface area contributed by atoms with Crippen LogP contribution in [-0.4, -0.2) is 4.98 Å². The van der Waals surface area contributed by atoms with Crippen LogP contribution < -0.4 is 0 Å². The zero-order valence-electron chi connectivity index (χ0n) is 11.7. The molecule has 0 aliphatic heterocycles. The van der Waals surface area contributed by atoms with Crippen LogP contribution in [0.15, 0.2) is 54.6 Å². The SMILES string of the molecule is Cc1c(Cl)cccc1C(Cl)Cc1ccc2ccccc2n1. The van der Waals surface area contributed by atoms with Crippen molar-refractivity contribution in [1.82, 2.24) is 4.98 Å². The Hall–Kier alpha value is -1.57. The second-order valence-electron chi connectivity index (χ2n) is 5.12. The number of hydrogen-bond acceptors (Lipinski definition) is 1. The molecule has 0 aliphatic carbocycles. The number of fused-ring (bicyclic) bond motifs is 1. The van der Waals surface area contributed by atoms with E-state index in [4.69, 9.17) is 23.2 Å². The minimum atomic E-state index is -0.127. The van der Waals surface area contributed by atoms with Gasteiger partial charge in [-0.1, -0.05) is 48.0 Å². The Kier molecular flexibility index (Phi) is 4.14. The molecule has 0 saturated carbocycles. The molecule has 0 spiro atoms. The Morgan fingerprint density at radius 2 is 1.81 bits per heavy atom. The average molecular weight is 316 g/mol. The van der Waals surface area contributed by atoms with Gasteiger partial charge in [0, 0.05) is 22.5 Å². The quantitative estimate of drug-likeness (QED) is 0.563. The monoisotopic (exact) mass is 315 g/mol. The number of alkyl halides is 1. The molecule has 1 unspecified atom stereocenters. The second kappa shape index (κ2) is 6.05. The largest absolute Gasteiger partial charge is 0.253 e. The van der Waals surface area contributed by atoms with Crippen LogP contribution in [0.4, 0.5) is 0 Å². The predicted octanol–water partition coefficient (Wildman–Crippen LogP) is 5.72. The molecular formula is C18H15Cl2N. The van der Waals surface area contributed by atoms with Gasteiger partial charge in [0.25, 0.3) is 0 Å². The third kappa shape index (κ3) is 3.04. The lowest BCUT2D eigenvalue weighted by Crippen LogP contribution is -2.01. The highest BCUT2D eigenvalue weighted by molar-refractivity contribution is 6.31. The molecule has 1 aromatic heterocycles. The van der Waals surface area contributed by atoms with E-state index in [-0.39, 0.29) is 5.38 Å². The van der Waals surface area contributed by atoms with Gasteiger partial charge in [-0.15, -0.1) is 11.6 Å². The van der Waals surface area contributed by atoms with Gasteiger partial charge in [0.15, 0.2) is 0 Å². The van der Waals surface area contributed by atoms with Crippen LogP contribution in [0.5, 0.6) is 0 Å². The van der Waals surface area contributed by atoms with Crippen LogP contribution >= 0.6 is 23.2 Å². The van der Waals surface area contributed by atoms with Crippen molar-refractivity contribution in [3.05, 3.63) is 76.4 Å². The van der Waals surface area contributed by atoms with Crippen LogP contribution in [0.25, 0.3) is 10.9 Å². The van der Waals surface area contributed by atoms with E-state index in [1.807, 2.05) is 49.4 Å². The molecule has 0 N–H and O–H groups in total. The molecule has 0 amide bonds.